The molecule has 1 aromatic carbocycles. The lowest BCUT2D eigenvalue weighted by atomic mass is 9.83. The Hall–Kier alpha value is -1.02. The molecule has 1 aliphatic carbocycles. The molecular weight excluding hydrogens is 212 g/mol. The van der Waals surface area contributed by atoms with Crippen molar-refractivity contribution in [2.75, 3.05) is 7.11 Å². The number of methoxy groups -OCH3 is 1. The molecule has 94 valence electrons. The Labute approximate surface area is 104 Å². The van der Waals surface area contributed by atoms with Crippen LogP contribution in [0.1, 0.15) is 36.8 Å². The second-order valence-corrected chi connectivity index (χ2v) is 5.18. The van der Waals surface area contributed by atoms with E-state index in [4.69, 9.17) is 4.74 Å². The van der Waals surface area contributed by atoms with Crippen LogP contribution in [0.15, 0.2) is 18.2 Å². The Morgan fingerprint density at radius 2 is 1.94 bits per heavy atom. The molecule has 0 heterocycles. The molecule has 1 fully saturated rings. The van der Waals surface area contributed by atoms with Crippen molar-refractivity contribution in [1.82, 2.24) is 0 Å². The molecule has 0 aromatic heterocycles. The van der Waals surface area contributed by atoms with Crippen LogP contribution < -0.4 is 4.74 Å². The molecule has 0 unspecified atom stereocenters. The maximum absolute atomic E-state index is 9.49. The molecule has 0 aliphatic heterocycles. The maximum Gasteiger partial charge on any atom is 0.121 e. The smallest absolute Gasteiger partial charge is 0.121 e. The van der Waals surface area contributed by atoms with Crippen LogP contribution in [-0.4, -0.2) is 18.3 Å². The van der Waals surface area contributed by atoms with Crippen LogP contribution in [-0.2, 0) is 6.42 Å². The van der Waals surface area contributed by atoms with E-state index in [1.165, 1.54) is 11.1 Å². The number of rotatable bonds is 3. The lowest BCUT2D eigenvalue weighted by molar-refractivity contribution is 0.109. The quantitative estimate of drug-likeness (QED) is 0.870. The lowest BCUT2D eigenvalue weighted by Crippen LogP contribution is -2.19. The van der Waals surface area contributed by atoms with Crippen molar-refractivity contribution in [3.63, 3.8) is 0 Å². The Morgan fingerprint density at radius 1 is 1.24 bits per heavy atom. The summed E-state index contributed by atoms with van der Waals surface area (Å²) in [5, 5.41) is 9.49. The van der Waals surface area contributed by atoms with Gasteiger partial charge in [-0.2, -0.15) is 0 Å². The van der Waals surface area contributed by atoms with Crippen molar-refractivity contribution in [3.05, 3.63) is 29.3 Å². The fourth-order valence-electron chi connectivity index (χ4n) is 2.75. The van der Waals surface area contributed by atoms with Gasteiger partial charge >= 0.3 is 0 Å². The van der Waals surface area contributed by atoms with Crippen molar-refractivity contribution < 1.29 is 9.84 Å². The monoisotopic (exact) mass is 234 g/mol. The molecule has 0 spiro atoms. The molecule has 2 rings (SSSR count). The van der Waals surface area contributed by atoms with Gasteiger partial charge in [0.1, 0.15) is 5.75 Å². The number of aryl methyl sites for hydroxylation is 1. The Morgan fingerprint density at radius 3 is 2.53 bits per heavy atom. The van der Waals surface area contributed by atoms with Crippen LogP contribution in [0.25, 0.3) is 0 Å². The van der Waals surface area contributed by atoms with Gasteiger partial charge in [-0.3, -0.25) is 0 Å². The van der Waals surface area contributed by atoms with Gasteiger partial charge in [-0.15, -0.1) is 0 Å². The first-order valence-corrected chi connectivity index (χ1v) is 6.50. The highest BCUT2D eigenvalue weighted by molar-refractivity contribution is 5.36. The van der Waals surface area contributed by atoms with Crippen LogP contribution in [0.4, 0.5) is 0 Å². The van der Waals surface area contributed by atoms with E-state index in [9.17, 15) is 5.11 Å². The van der Waals surface area contributed by atoms with Gasteiger partial charge in [0.05, 0.1) is 13.2 Å². The van der Waals surface area contributed by atoms with Crippen LogP contribution in [0.3, 0.4) is 0 Å². The number of aliphatic hydroxyl groups is 1. The minimum atomic E-state index is -0.0520. The number of benzene rings is 1. The van der Waals surface area contributed by atoms with E-state index in [1.807, 2.05) is 0 Å². The van der Waals surface area contributed by atoms with Crippen molar-refractivity contribution in [2.45, 2.75) is 45.1 Å². The van der Waals surface area contributed by atoms with Gasteiger partial charge in [-0.25, -0.2) is 0 Å². The molecule has 1 aromatic rings. The van der Waals surface area contributed by atoms with Crippen LogP contribution in [0, 0.1) is 12.8 Å². The van der Waals surface area contributed by atoms with Crippen LogP contribution >= 0.6 is 0 Å². The van der Waals surface area contributed by atoms with Crippen molar-refractivity contribution in [2.24, 2.45) is 5.92 Å². The highest BCUT2D eigenvalue weighted by Crippen LogP contribution is 2.28. The van der Waals surface area contributed by atoms with Gasteiger partial charge in [-0.1, -0.05) is 12.1 Å². The Bertz CT molecular complexity index is 365. The zero-order valence-corrected chi connectivity index (χ0v) is 10.8. The molecule has 0 atom stereocenters. The first kappa shape index (κ1) is 12.4. The van der Waals surface area contributed by atoms with E-state index in [2.05, 4.69) is 25.1 Å². The molecule has 0 radical (unpaired) electrons. The summed E-state index contributed by atoms with van der Waals surface area (Å²) >= 11 is 0. The van der Waals surface area contributed by atoms with Gasteiger partial charge in [-0.05, 0) is 62.1 Å². The average molecular weight is 234 g/mol. The number of hydrogen-bond acceptors (Lipinski definition) is 2. The third kappa shape index (κ3) is 3.22. The largest absolute Gasteiger partial charge is 0.496 e. The second kappa shape index (κ2) is 5.54. The fraction of sp³-hybridized carbons (Fsp3) is 0.600. The van der Waals surface area contributed by atoms with E-state index in [-0.39, 0.29) is 6.10 Å². The second-order valence-electron chi connectivity index (χ2n) is 5.18. The van der Waals surface area contributed by atoms with Crippen molar-refractivity contribution >= 4 is 0 Å². The predicted molar refractivity (Wildman–Crippen MR) is 69.4 cm³/mol. The van der Waals surface area contributed by atoms with E-state index in [0.29, 0.717) is 0 Å². The summed E-state index contributed by atoms with van der Waals surface area (Å²) in [6, 6.07) is 6.45. The predicted octanol–water partition coefficient (Wildman–Crippen LogP) is 3.10. The molecule has 0 bridgehead atoms. The number of hydrogen-bond donors (Lipinski definition) is 1. The molecule has 2 nitrogen and oxygen atoms in total. The number of ether oxygens (including phenoxy) is 1. The van der Waals surface area contributed by atoms with E-state index >= 15 is 0 Å². The SMILES string of the molecule is COc1ccc(CC2CCC(O)CC2)cc1C. The van der Waals surface area contributed by atoms with Gasteiger partial charge in [0, 0.05) is 0 Å². The van der Waals surface area contributed by atoms with Gasteiger partial charge in [0.25, 0.3) is 0 Å². The summed E-state index contributed by atoms with van der Waals surface area (Å²) in [4.78, 5) is 0. The van der Waals surface area contributed by atoms with Crippen molar-refractivity contribution in [1.29, 1.82) is 0 Å². The average Bonchev–Trinajstić information content (AvgIpc) is 2.32. The first-order chi connectivity index (χ1) is 8.19. The molecular formula is C15H22O2. The molecule has 1 saturated carbocycles. The zero-order chi connectivity index (χ0) is 12.3. The molecule has 0 amide bonds. The fourth-order valence-corrected chi connectivity index (χ4v) is 2.75. The molecule has 1 aliphatic rings. The highest BCUT2D eigenvalue weighted by Gasteiger charge is 2.19. The Balaban J connectivity index is 1.97. The molecule has 17 heavy (non-hydrogen) atoms. The standard InChI is InChI=1S/C15H22O2/c1-11-9-13(5-8-15(11)17-2)10-12-3-6-14(16)7-4-12/h5,8-9,12,14,16H,3-4,6-7,10H2,1-2H3. The molecule has 1 N–H and O–H groups in total. The summed E-state index contributed by atoms with van der Waals surface area (Å²) in [6.07, 6.45) is 5.35. The summed E-state index contributed by atoms with van der Waals surface area (Å²) in [5.74, 6) is 1.71. The number of aliphatic hydroxyl groups excluding tert-OH is 1. The third-order valence-electron chi connectivity index (χ3n) is 3.80. The van der Waals surface area contributed by atoms with E-state index in [0.717, 1.165) is 43.8 Å². The van der Waals surface area contributed by atoms with Crippen LogP contribution in [0.5, 0.6) is 5.75 Å². The van der Waals surface area contributed by atoms with Gasteiger partial charge < -0.3 is 9.84 Å². The van der Waals surface area contributed by atoms with Crippen LogP contribution in [0.2, 0.25) is 0 Å². The lowest BCUT2D eigenvalue weighted by Gasteiger charge is -2.25. The van der Waals surface area contributed by atoms with Gasteiger partial charge in [0.15, 0.2) is 0 Å². The van der Waals surface area contributed by atoms with E-state index < -0.39 is 0 Å². The topological polar surface area (TPSA) is 29.5 Å². The van der Waals surface area contributed by atoms with Crippen molar-refractivity contribution in [3.8, 4) is 5.75 Å². The minimum Gasteiger partial charge on any atom is -0.496 e. The maximum atomic E-state index is 9.49. The summed E-state index contributed by atoms with van der Waals surface area (Å²) in [5.41, 5.74) is 2.60. The van der Waals surface area contributed by atoms with E-state index in [1.54, 1.807) is 7.11 Å². The summed E-state index contributed by atoms with van der Waals surface area (Å²) < 4.78 is 5.27. The zero-order valence-electron chi connectivity index (χ0n) is 10.8. The summed E-state index contributed by atoms with van der Waals surface area (Å²) in [6.45, 7) is 2.09. The third-order valence-corrected chi connectivity index (χ3v) is 3.80. The molecule has 2 heteroatoms. The minimum absolute atomic E-state index is 0.0520. The Kier molecular flexibility index (Phi) is 4.06. The highest BCUT2D eigenvalue weighted by atomic mass is 16.5. The first-order valence-electron chi connectivity index (χ1n) is 6.50. The normalized spacial score (nSPS) is 24.6. The van der Waals surface area contributed by atoms with Gasteiger partial charge in [0.2, 0.25) is 0 Å². The summed E-state index contributed by atoms with van der Waals surface area (Å²) in [7, 11) is 1.71. The molecule has 0 saturated heterocycles.